The van der Waals surface area contributed by atoms with E-state index in [2.05, 4.69) is 10.5 Å². The van der Waals surface area contributed by atoms with Crippen LogP contribution < -0.4 is 5.32 Å². The van der Waals surface area contributed by atoms with E-state index in [4.69, 9.17) is 4.52 Å². The van der Waals surface area contributed by atoms with Gasteiger partial charge < -0.3 is 9.84 Å². The number of halogens is 3. The summed E-state index contributed by atoms with van der Waals surface area (Å²) >= 11 is 1.46. The van der Waals surface area contributed by atoms with Crippen LogP contribution in [0.4, 0.5) is 13.2 Å². The Balaban J connectivity index is 1.69. The van der Waals surface area contributed by atoms with Crippen LogP contribution in [0.5, 0.6) is 0 Å². The van der Waals surface area contributed by atoms with Gasteiger partial charge in [-0.05, 0) is 30.7 Å². The lowest BCUT2D eigenvalue weighted by Crippen LogP contribution is -2.37. The third-order valence-electron chi connectivity index (χ3n) is 4.84. The van der Waals surface area contributed by atoms with Crippen molar-refractivity contribution in [1.82, 2.24) is 10.5 Å². The first kappa shape index (κ1) is 22.9. The van der Waals surface area contributed by atoms with Crippen molar-refractivity contribution in [2.75, 3.05) is 6.54 Å². The molecular formula is C23H23F3N2O2S. The maximum Gasteiger partial charge on any atom is 0.416 e. The highest BCUT2D eigenvalue weighted by atomic mass is 32.2. The molecule has 0 saturated carbocycles. The molecular weight excluding hydrogens is 425 g/mol. The standard InChI is InChI=1S/C23H23F3N2O2S/c1-15-11-18(30-28-15)13-31-20-10-5-4-9-19(20)21(29)27-14-22(2,3)16-7-6-8-17(12-16)23(24,25)26/h4-12H,13-14H2,1-3H3,(H,27,29). The second-order valence-electron chi connectivity index (χ2n) is 7.86. The Labute approximate surface area is 183 Å². The summed E-state index contributed by atoms with van der Waals surface area (Å²) in [7, 11) is 0. The van der Waals surface area contributed by atoms with Gasteiger partial charge in [0, 0.05) is 22.9 Å². The van der Waals surface area contributed by atoms with Gasteiger partial charge in [0.1, 0.15) is 5.76 Å². The van der Waals surface area contributed by atoms with Crippen LogP contribution >= 0.6 is 11.8 Å². The molecule has 0 unspecified atom stereocenters. The van der Waals surface area contributed by atoms with Crippen molar-refractivity contribution < 1.29 is 22.5 Å². The second kappa shape index (κ2) is 9.18. The number of hydrogen-bond acceptors (Lipinski definition) is 4. The van der Waals surface area contributed by atoms with Crippen molar-refractivity contribution in [2.45, 2.75) is 43.0 Å². The summed E-state index contributed by atoms with van der Waals surface area (Å²) in [6.45, 7) is 5.63. The molecule has 31 heavy (non-hydrogen) atoms. The molecule has 0 aliphatic carbocycles. The van der Waals surface area contributed by atoms with Gasteiger partial charge in [0.05, 0.1) is 22.6 Å². The minimum Gasteiger partial charge on any atom is -0.360 e. The van der Waals surface area contributed by atoms with Crippen LogP contribution in [-0.2, 0) is 17.3 Å². The minimum atomic E-state index is -4.41. The highest BCUT2D eigenvalue weighted by molar-refractivity contribution is 7.98. The summed E-state index contributed by atoms with van der Waals surface area (Å²) in [4.78, 5) is 13.6. The number of amides is 1. The highest BCUT2D eigenvalue weighted by Crippen LogP contribution is 2.33. The maximum absolute atomic E-state index is 13.0. The first-order valence-electron chi connectivity index (χ1n) is 9.66. The van der Waals surface area contributed by atoms with Crippen molar-refractivity contribution in [3.05, 3.63) is 82.7 Å². The number of aromatic nitrogens is 1. The number of aryl methyl sites for hydroxylation is 1. The second-order valence-corrected chi connectivity index (χ2v) is 8.88. The summed E-state index contributed by atoms with van der Waals surface area (Å²) in [6, 6.07) is 14.2. The number of hydrogen-bond donors (Lipinski definition) is 1. The van der Waals surface area contributed by atoms with E-state index < -0.39 is 17.2 Å². The number of benzene rings is 2. The van der Waals surface area contributed by atoms with Crippen molar-refractivity contribution in [3.8, 4) is 0 Å². The molecule has 0 radical (unpaired) electrons. The lowest BCUT2D eigenvalue weighted by atomic mass is 9.83. The van der Waals surface area contributed by atoms with Gasteiger partial charge in [-0.15, -0.1) is 11.8 Å². The fourth-order valence-corrected chi connectivity index (χ4v) is 3.95. The molecule has 0 fully saturated rings. The summed E-state index contributed by atoms with van der Waals surface area (Å²) in [5.74, 6) is 0.959. The molecule has 1 heterocycles. The molecule has 0 saturated heterocycles. The van der Waals surface area contributed by atoms with Gasteiger partial charge in [-0.2, -0.15) is 13.2 Å². The van der Waals surface area contributed by atoms with Gasteiger partial charge in [-0.25, -0.2) is 0 Å². The van der Waals surface area contributed by atoms with Crippen LogP contribution in [0.25, 0.3) is 0 Å². The Kier molecular flexibility index (Phi) is 6.79. The normalized spacial score (nSPS) is 12.1. The van der Waals surface area contributed by atoms with E-state index in [9.17, 15) is 18.0 Å². The summed E-state index contributed by atoms with van der Waals surface area (Å²) in [5, 5.41) is 6.72. The number of alkyl halides is 3. The molecule has 8 heteroatoms. The molecule has 0 atom stereocenters. The Hall–Kier alpha value is -2.74. The smallest absolute Gasteiger partial charge is 0.360 e. The maximum atomic E-state index is 13.0. The van der Waals surface area contributed by atoms with Crippen molar-refractivity contribution in [2.24, 2.45) is 0 Å². The van der Waals surface area contributed by atoms with Gasteiger partial charge >= 0.3 is 6.18 Å². The van der Waals surface area contributed by atoms with Gasteiger partial charge in [0.2, 0.25) is 0 Å². The zero-order chi connectivity index (χ0) is 22.6. The van der Waals surface area contributed by atoms with E-state index in [1.807, 2.05) is 25.1 Å². The summed E-state index contributed by atoms with van der Waals surface area (Å²) < 4.78 is 44.4. The lowest BCUT2D eigenvalue weighted by molar-refractivity contribution is -0.137. The predicted octanol–water partition coefficient (Wildman–Crippen LogP) is 6.00. The Morgan fingerprint density at radius 3 is 2.45 bits per heavy atom. The number of carbonyl (C=O) groups excluding carboxylic acids is 1. The van der Waals surface area contributed by atoms with Crippen molar-refractivity contribution in [1.29, 1.82) is 0 Å². The molecule has 3 rings (SSSR count). The number of thioether (sulfide) groups is 1. The average Bonchev–Trinajstić information content (AvgIpc) is 3.15. The lowest BCUT2D eigenvalue weighted by Gasteiger charge is -2.26. The number of nitrogens with zero attached hydrogens (tertiary/aromatic N) is 1. The van der Waals surface area contributed by atoms with Crippen LogP contribution in [0, 0.1) is 6.92 Å². The molecule has 1 aromatic heterocycles. The zero-order valence-electron chi connectivity index (χ0n) is 17.4. The van der Waals surface area contributed by atoms with E-state index in [-0.39, 0.29) is 12.5 Å². The van der Waals surface area contributed by atoms with Gasteiger partial charge in [0.25, 0.3) is 5.91 Å². The van der Waals surface area contributed by atoms with Crippen LogP contribution in [0.1, 0.15) is 46.8 Å². The first-order chi connectivity index (χ1) is 14.6. The quantitative estimate of drug-likeness (QED) is 0.450. The molecule has 0 aliphatic heterocycles. The number of nitrogens with one attached hydrogen (secondary N) is 1. The van der Waals surface area contributed by atoms with Gasteiger partial charge in [-0.3, -0.25) is 4.79 Å². The molecule has 0 aliphatic rings. The van der Waals surface area contributed by atoms with Crippen LogP contribution in [-0.4, -0.2) is 17.6 Å². The Morgan fingerprint density at radius 2 is 1.77 bits per heavy atom. The monoisotopic (exact) mass is 448 g/mol. The van der Waals surface area contributed by atoms with Gasteiger partial charge in [-0.1, -0.05) is 49.3 Å². The van der Waals surface area contributed by atoms with Crippen molar-refractivity contribution in [3.63, 3.8) is 0 Å². The highest BCUT2D eigenvalue weighted by Gasteiger charge is 2.32. The van der Waals surface area contributed by atoms with Crippen molar-refractivity contribution >= 4 is 17.7 Å². The molecule has 3 aromatic rings. The molecule has 1 amide bonds. The first-order valence-corrected chi connectivity index (χ1v) is 10.6. The fourth-order valence-electron chi connectivity index (χ4n) is 3.03. The minimum absolute atomic E-state index is 0.188. The molecule has 2 aromatic carbocycles. The van der Waals surface area contributed by atoms with E-state index in [0.717, 1.165) is 22.7 Å². The topological polar surface area (TPSA) is 55.1 Å². The van der Waals surface area contributed by atoms with Gasteiger partial charge in [0.15, 0.2) is 0 Å². The summed E-state index contributed by atoms with van der Waals surface area (Å²) in [5.41, 5.74) is 0.415. The largest absolute Gasteiger partial charge is 0.416 e. The van der Waals surface area contributed by atoms with E-state index in [1.165, 1.54) is 17.8 Å². The molecule has 1 N–H and O–H groups in total. The third-order valence-corrected chi connectivity index (χ3v) is 5.94. The average molecular weight is 449 g/mol. The van der Waals surface area contributed by atoms with Crippen LogP contribution in [0.2, 0.25) is 0 Å². The Morgan fingerprint density at radius 1 is 1.06 bits per heavy atom. The number of carbonyl (C=O) groups is 1. The molecule has 0 bridgehead atoms. The predicted molar refractivity (Wildman–Crippen MR) is 114 cm³/mol. The van der Waals surface area contributed by atoms with E-state index >= 15 is 0 Å². The Bertz CT molecular complexity index is 1060. The SMILES string of the molecule is Cc1cc(CSc2ccccc2C(=O)NCC(C)(C)c2cccc(C(F)(F)F)c2)on1. The zero-order valence-corrected chi connectivity index (χ0v) is 18.2. The summed E-state index contributed by atoms with van der Waals surface area (Å²) in [6.07, 6.45) is -4.41. The molecule has 164 valence electrons. The number of rotatable bonds is 7. The molecule has 0 spiro atoms. The van der Waals surface area contributed by atoms with Crippen LogP contribution in [0.15, 0.2) is 64.0 Å². The fraction of sp³-hybridized carbons (Fsp3) is 0.304. The van der Waals surface area contributed by atoms with E-state index in [1.54, 1.807) is 32.0 Å². The van der Waals surface area contributed by atoms with E-state index in [0.29, 0.717) is 22.6 Å². The molecule has 4 nitrogen and oxygen atoms in total. The van der Waals surface area contributed by atoms with Crippen LogP contribution in [0.3, 0.4) is 0 Å². The third kappa shape index (κ3) is 5.91.